The summed E-state index contributed by atoms with van der Waals surface area (Å²) in [5, 5.41) is 14.9. The average molecular weight is 602 g/mol. The van der Waals surface area contributed by atoms with Crippen LogP contribution in [0.4, 0.5) is 10.5 Å². The van der Waals surface area contributed by atoms with Crippen molar-refractivity contribution in [2.75, 3.05) is 12.4 Å². The zero-order valence-electron chi connectivity index (χ0n) is 24.5. The molecule has 1 atom stereocenters. The third-order valence-electron chi connectivity index (χ3n) is 7.38. The third-order valence-corrected chi connectivity index (χ3v) is 7.62. The SMILES string of the molecule is C=C/C(=C\C=C(/C)C(Cc1ccccc1)c1cccc(-c2ccc(NC(=O)OC)cc2)c1)c1cc(Cl)ccc1-n1cnnn1. The highest BCUT2D eigenvalue weighted by atomic mass is 35.5. The summed E-state index contributed by atoms with van der Waals surface area (Å²) in [4.78, 5) is 11.6. The smallest absolute Gasteiger partial charge is 0.411 e. The van der Waals surface area contributed by atoms with Gasteiger partial charge >= 0.3 is 6.09 Å². The van der Waals surface area contributed by atoms with Gasteiger partial charge in [0, 0.05) is 22.2 Å². The molecule has 0 aliphatic carbocycles. The summed E-state index contributed by atoms with van der Waals surface area (Å²) in [5.41, 5.74) is 9.01. The number of methoxy groups -OCH3 is 1. The van der Waals surface area contributed by atoms with Crippen LogP contribution < -0.4 is 5.32 Å². The van der Waals surface area contributed by atoms with Crippen molar-refractivity contribution in [3.63, 3.8) is 0 Å². The number of halogens is 1. The summed E-state index contributed by atoms with van der Waals surface area (Å²) in [7, 11) is 1.34. The summed E-state index contributed by atoms with van der Waals surface area (Å²) >= 11 is 6.40. The molecule has 1 amide bonds. The van der Waals surface area contributed by atoms with Crippen LogP contribution in [0.2, 0.25) is 5.02 Å². The number of benzene rings is 4. The summed E-state index contributed by atoms with van der Waals surface area (Å²) < 4.78 is 6.31. The summed E-state index contributed by atoms with van der Waals surface area (Å²) in [5.74, 6) is 0.110. The van der Waals surface area contributed by atoms with Crippen LogP contribution in [0, 0.1) is 0 Å². The van der Waals surface area contributed by atoms with Crippen molar-refractivity contribution in [2.45, 2.75) is 19.3 Å². The molecule has 5 rings (SSSR count). The van der Waals surface area contributed by atoms with E-state index in [4.69, 9.17) is 16.3 Å². The van der Waals surface area contributed by atoms with Gasteiger partial charge in [0.15, 0.2) is 0 Å². The molecule has 8 heteroatoms. The first-order valence-corrected chi connectivity index (χ1v) is 14.5. The van der Waals surface area contributed by atoms with E-state index in [1.54, 1.807) is 11.0 Å². The van der Waals surface area contributed by atoms with Gasteiger partial charge < -0.3 is 4.74 Å². The summed E-state index contributed by atoms with van der Waals surface area (Å²) in [6.45, 7) is 6.24. The van der Waals surface area contributed by atoms with E-state index in [0.29, 0.717) is 10.7 Å². The predicted octanol–water partition coefficient (Wildman–Crippen LogP) is 8.70. The molecule has 0 saturated heterocycles. The zero-order chi connectivity index (χ0) is 30.9. The van der Waals surface area contributed by atoms with Gasteiger partial charge in [-0.1, -0.05) is 109 Å². The fourth-order valence-corrected chi connectivity index (χ4v) is 5.23. The molecule has 7 nitrogen and oxygen atoms in total. The molecule has 0 bridgehead atoms. The van der Waals surface area contributed by atoms with Gasteiger partial charge in [-0.05, 0) is 81.9 Å². The van der Waals surface area contributed by atoms with Crippen molar-refractivity contribution in [3.8, 4) is 16.8 Å². The van der Waals surface area contributed by atoms with Gasteiger partial charge in [0.2, 0.25) is 0 Å². The number of nitrogens with zero attached hydrogens (tertiary/aromatic N) is 4. The Morgan fingerprint density at radius 3 is 2.48 bits per heavy atom. The standard InChI is InChI=1S/C36H32ClN5O2/c1-4-27(34-23-31(37)17-20-35(34)42-24-38-40-41-42)14-13-25(2)33(21-26-9-6-5-7-10-26)30-12-8-11-29(22-30)28-15-18-32(19-16-28)39-36(43)44-3/h4-20,22-24,33H,1,21H2,2-3H3,(H,39,43)/b25-13+,27-14+. The Morgan fingerprint density at radius 2 is 1.77 bits per heavy atom. The number of nitrogens with one attached hydrogen (secondary N) is 1. The highest BCUT2D eigenvalue weighted by Gasteiger charge is 2.16. The van der Waals surface area contributed by atoms with Gasteiger partial charge in [-0.3, -0.25) is 5.32 Å². The number of tetrazole rings is 1. The number of carbonyl (C=O) groups excluding carboxylic acids is 1. The summed E-state index contributed by atoms with van der Waals surface area (Å²) in [6.07, 6.45) is 7.92. The Labute approximate surface area is 262 Å². The lowest BCUT2D eigenvalue weighted by Gasteiger charge is -2.20. The first kappa shape index (κ1) is 30.2. The van der Waals surface area contributed by atoms with Gasteiger partial charge in [0.25, 0.3) is 0 Å². The number of amides is 1. The van der Waals surface area contributed by atoms with Crippen molar-refractivity contribution >= 4 is 29.0 Å². The Balaban J connectivity index is 1.50. The van der Waals surface area contributed by atoms with Crippen LogP contribution in [-0.2, 0) is 11.2 Å². The lowest BCUT2D eigenvalue weighted by molar-refractivity contribution is 0.187. The largest absolute Gasteiger partial charge is 0.453 e. The lowest BCUT2D eigenvalue weighted by Crippen LogP contribution is -2.10. The van der Waals surface area contributed by atoms with Crippen LogP contribution >= 0.6 is 11.6 Å². The first-order chi connectivity index (χ1) is 21.4. The van der Waals surface area contributed by atoms with E-state index in [2.05, 4.69) is 95.0 Å². The van der Waals surface area contributed by atoms with Crippen molar-refractivity contribution in [1.29, 1.82) is 0 Å². The highest BCUT2D eigenvalue weighted by molar-refractivity contribution is 6.30. The number of anilines is 1. The van der Waals surface area contributed by atoms with Crippen molar-refractivity contribution in [2.24, 2.45) is 0 Å². The van der Waals surface area contributed by atoms with Crippen LogP contribution in [0.1, 0.15) is 29.5 Å². The second-order valence-electron chi connectivity index (χ2n) is 10.2. The van der Waals surface area contributed by atoms with Gasteiger partial charge in [0.1, 0.15) is 6.33 Å². The molecule has 1 heterocycles. The van der Waals surface area contributed by atoms with E-state index < -0.39 is 6.09 Å². The van der Waals surface area contributed by atoms with E-state index in [0.717, 1.165) is 34.4 Å². The first-order valence-electron chi connectivity index (χ1n) is 14.1. The van der Waals surface area contributed by atoms with Gasteiger partial charge in [-0.15, -0.1) is 5.10 Å². The molecule has 44 heavy (non-hydrogen) atoms. The maximum atomic E-state index is 11.6. The molecule has 0 fully saturated rings. The maximum Gasteiger partial charge on any atom is 0.411 e. The molecular formula is C36H32ClN5O2. The Kier molecular flexibility index (Phi) is 9.79. The molecule has 0 spiro atoms. The Hall–Kier alpha value is -5.27. The number of rotatable bonds is 10. The van der Waals surface area contributed by atoms with Crippen molar-refractivity contribution < 1.29 is 9.53 Å². The van der Waals surface area contributed by atoms with E-state index in [-0.39, 0.29) is 5.92 Å². The van der Waals surface area contributed by atoms with Crippen molar-refractivity contribution in [1.82, 2.24) is 20.2 Å². The Bertz CT molecular complexity index is 1800. The van der Waals surface area contributed by atoms with E-state index in [1.165, 1.54) is 23.8 Å². The lowest BCUT2D eigenvalue weighted by atomic mass is 9.84. The molecule has 5 aromatic rings. The van der Waals surface area contributed by atoms with Crippen LogP contribution in [0.15, 0.2) is 134 Å². The van der Waals surface area contributed by atoms with Crippen LogP contribution in [0.5, 0.6) is 0 Å². The highest BCUT2D eigenvalue weighted by Crippen LogP contribution is 2.33. The molecule has 1 N–H and O–H groups in total. The van der Waals surface area contributed by atoms with Crippen LogP contribution in [-0.4, -0.2) is 33.4 Å². The molecule has 1 aromatic heterocycles. The molecule has 1 unspecified atom stereocenters. The van der Waals surface area contributed by atoms with Crippen molar-refractivity contribution in [3.05, 3.63) is 155 Å². The topological polar surface area (TPSA) is 81.9 Å². The molecule has 0 saturated carbocycles. The Morgan fingerprint density at radius 1 is 0.977 bits per heavy atom. The molecule has 0 radical (unpaired) electrons. The van der Waals surface area contributed by atoms with Crippen LogP contribution in [0.25, 0.3) is 22.4 Å². The maximum absolute atomic E-state index is 11.6. The molecule has 0 aliphatic rings. The fourth-order valence-electron chi connectivity index (χ4n) is 5.06. The molecular weight excluding hydrogens is 570 g/mol. The van der Waals surface area contributed by atoms with Gasteiger partial charge in [0.05, 0.1) is 12.8 Å². The number of hydrogen-bond acceptors (Lipinski definition) is 5. The average Bonchev–Trinajstić information content (AvgIpc) is 3.60. The van der Waals surface area contributed by atoms with Gasteiger partial charge in [-0.2, -0.15) is 4.68 Å². The van der Waals surface area contributed by atoms with Crippen LogP contribution in [0.3, 0.4) is 0 Å². The predicted molar refractivity (Wildman–Crippen MR) is 177 cm³/mol. The number of allylic oxidation sites excluding steroid dienone is 5. The van der Waals surface area contributed by atoms with Gasteiger partial charge in [-0.25, -0.2) is 4.79 Å². The molecule has 4 aromatic carbocycles. The third kappa shape index (κ3) is 7.38. The number of carbonyl (C=O) groups is 1. The monoisotopic (exact) mass is 601 g/mol. The minimum absolute atomic E-state index is 0.110. The number of aromatic nitrogens is 4. The van der Waals surface area contributed by atoms with E-state index >= 15 is 0 Å². The second kappa shape index (κ2) is 14.3. The molecule has 220 valence electrons. The van der Waals surface area contributed by atoms with E-state index in [9.17, 15) is 4.79 Å². The number of hydrogen-bond donors (Lipinski definition) is 1. The number of ether oxygens (including phenoxy) is 1. The second-order valence-corrected chi connectivity index (χ2v) is 10.7. The normalized spacial score (nSPS) is 12.4. The quantitative estimate of drug-likeness (QED) is 0.162. The molecule has 0 aliphatic heterocycles. The minimum Gasteiger partial charge on any atom is -0.453 e. The summed E-state index contributed by atoms with van der Waals surface area (Å²) in [6, 6.07) is 32.4. The minimum atomic E-state index is -0.499. The fraction of sp³-hybridized carbons (Fsp3) is 0.111. The zero-order valence-corrected chi connectivity index (χ0v) is 25.3. The van der Waals surface area contributed by atoms with E-state index in [1.807, 2.05) is 54.6 Å².